The first-order valence-electron chi connectivity index (χ1n) is 5.84. The van der Waals surface area contributed by atoms with Crippen LogP contribution >= 0.6 is 23.1 Å². The van der Waals surface area contributed by atoms with Gasteiger partial charge < -0.3 is 0 Å². The zero-order valence-electron chi connectivity index (χ0n) is 10.4. The standard InChI is InChI=1S/C12H8F3N3OS2/c13-12(14,15)8-3-1-7(2-4-8)10-18(9(19)5-20-10)11-17-16-6-21-11/h1-4,6,10H,5H2/t10-/m0/s1. The van der Waals surface area contributed by atoms with Crippen LogP contribution in [0.5, 0.6) is 0 Å². The fraction of sp³-hybridized carbons (Fsp3) is 0.250. The molecule has 4 nitrogen and oxygen atoms in total. The first-order valence-corrected chi connectivity index (χ1v) is 7.76. The number of carbonyl (C=O) groups is 1. The van der Waals surface area contributed by atoms with Crippen LogP contribution in [0.3, 0.4) is 0 Å². The second kappa shape index (κ2) is 5.30. The van der Waals surface area contributed by atoms with Gasteiger partial charge in [-0.25, -0.2) is 0 Å². The summed E-state index contributed by atoms with van der Waals surface area (Å²) in [5, 5.41) is 7.64. The molecule has 1 aliphatic rings. The first-order chi connectivity index (χ1) is 9.97. The Labute approximate surface area is 126 Å². The summed E-state index contributed by atoms with van der Waals surface area (Å²) in [6, 6.07) is 4.84. The van der Waals surface area contributed by atoms with Gasteiger partial charge in [0.15, 0.2) is 0 Å². The number of hydrogen-bond acceptors (Lipinski definition) is 5. The highest BCUT2D eigenvalue weighted by molar-refractivity contribution is 8.00. The predicted octanol–water partition coefficient (Wildman–Crippen LogP) is 3.34. The van der Waals surface area contributed by atoms with Crippen molar-refractivity contribution < 1.29 is 18.0 Å². The molecular formula is C12H8F3N3OS2. The van der Waals surface area contributed by atoms with Crippen molar-refractivity contribution in [3.8, 4) is 0 Å². The molecule has 0 spiro atoms. The Kier molecular flexibility index (Phi) is 3.62. The van der Waals surface area contributed by atoms with E-state index in [1.54, 1.807) is 0 Å². The van der Waals surface area contributed by atoms with Gasteiger partial charge in [-0.2, -0.15) is 13.2 Å². The second-order valence-corrected chi connectivity index (χ2v) is 6.15. The quantitative estimate of drug-likeness (QED) is 0.847. The van der Waals surface area contributed by atoms with E-state index in [0.717, 1.165) is 12.1 Å². The van der Waals surface area contributed by atoms with Crippen molar-refractivity contribution in [2.75, 3.05) is 10.7 Å². The third-order valence-corrected chi connectivity index (χ3v) is 4.85. The molecule has 9 heteroatoms. The number of alkyl halides is 3. The van der Waals surface area contributed by atoms with Crippen LogP contribution < -0.4 is 4.90 Å². The largest absolute Gasteiger partial charge is 0.416 e. The van der Waals surface area contributed by atoms with E-state index < -0.39 is 11.7 Å². The van der Waals surface area contributed by atoms with Crippen LogP contribution in [0.4, 0.5) is 18.3 Å². The smallest absolute Gasteiger partial charge is 0.273 e. The van der Waals surface area contributed by atoms with Crippen LogP contribution in [0.15, 0.2) is 29.8 Å². The highest BCUT2D eigenvalue weighted by Crippen LogP contribution is 2.42. The summed E-state index contributed by atoms with van der Waals surface area (Å²) in [6.45, 7) is 0. The molecule has 21 heavy (non-hydrogen) atoms. The highest BCUT2D eigenvalue weighted by atomic mass is 32.2. The normalized spacial score (nSPS) is 19.3. The Bertz CT molecular complexity index is 643. The fourth-order valence-corrected chi connectivity index (χ4v) is 3.81. The molecular weight excluding hydrogens is 323 g/mol. The van der Waals surface area contributed by atoms with Gasteiger partial charge in [-0.15, -0.1) is 22.0 Å². The summed E-state index contributed by atoms with van der Waals surface area (Å²) < 4.78 is 37.7. The van der Waals surface area contributed by atoms with Gasteiger partial charge in [-0.3, -0.25) is 9.69 Å². The average Bonchev–Trinajstić information content (AvgIpc) is 3.06. The number of amides is 1. The molecule has 1 aromatic carbocycles. The first kappa shape index (κ1) is 14.3. The molecule has 3 rings (SSSR count). The number of benzene rings is 1. The molecule has 1 amide bonds. The molecule has 110 valence electrons. The number of thioether (sulfide) groups is 1. The van der Waals surface area contributed by atoms with Crippen molar-refractivity contribution in [1.82, 2.24) is 10.2 Å². The molecule has 1 atom stereocenters. The molecule has 2 heterocycles. The molecule has 0 radical (unpaired) electrons. The average molecular weight is 331 g/mol. The van der Waals surface area contributed by atoms with Gasteiger partial charge in [0.05, 0.1) is 11.3 Å². The van der Waals surface area contributed by atoms with E-state index in [4.69, 9.17) is 0 Å². The van der Waals surface area contributed by atoms with Crippen LogP contribution in [0.2, 0.25) is 0 Å². The van der Waals surface area contributed by atoms with Gasteiger partial charge in [-0.05, 0) is 17.7 Å². The van der Waals surface area contributed by atoms with Gasteiger partial charge in [0.2, 0.25) is 11.0 Å². The van der Waals surface area contributed by atoms with E-state index in [0.29, 0.717) is 10.7 Å². The summed E-state index contributed by atoms with van der Waals surface area (Å²) >= 11 is 2.58. The Morgan fingerprint density at radius 1 is 1.24 bits per heavy atom. The Morgan fingerprint density at radius 3 is 2.52 bits per heavy atom. The van der Waals surface area contributed by atoms with Crippen LogP contribution in [0.25, 0.3) is 0 Å². The highest BCUT2D eigenvalue weighted by Gasteiger charge is 2.36. The number of halogens is 3. The molecule has 0 saturated carbocycles. The maximum atomic E-state index is 12.6. The molecule has 0 bridgehead atoms. The van der Waals surface area contributed by atoms with E-state index in [9.17, 15) is 18.0 Å². The lowest BCUT2D eigenvalue weighted by atomic mass is 10.1. The number of rotatable bonds is 2. The number of hydrogen-bond donors (Lipinski definition) is 0. The molecule has 1 saturated heterocycles. The summed E-state index contributed by atoms with van der Waals surface area (Å²) in [5.74, 6) is 0.146. The molecule has 0 unspecified atom stereocenters. The van der Waals surface area contributed by atoms with Gasteiger partial charge in [-0.1, -0.05) is 23.5 Å². The SMILES string of the molecule is O=C1CS[C@@H](c2ccc(C(F)(F)F)cc2)N1c1nncs1. The third kappa shape index (κ3) is 2.75. The van der Waals surface area contributed by atoms with Gasteiger partial charge in [0, 0.05) is 0 Å². The van der Waals surface area contributed by atoms with Crippen LogP contribution in [0.1, 0.15) is 16.5 Å². The summed E-state index contributed by atoms with van der Waals surface area (Å²) in [4.78, 5) is 13.4. The second-order valence-electron chi connectivity index (χ2n) is 4.27. The van der Waals surface area contributed by atoms with Crippen LogP contribution in [-0.4, -0.2) is 21.9 Å². The molecule has 2 aromatic rings. The predicted molar refractivity (Wildman–Crippen MR) is 74.0 cm³/mol. The molecule has 1 aliphatic heterocycles. The fourth-order valence-electron chi connectivity index (χ4n) is 1.99. The monoisotopic (exact) mass is 331 g/mol. The van der Waals surface area contributed by atoms with E-state index in [2.05, 4.69) is 10.2 Å². The number of aromatic nitrogens is 2. The third-order valence-electron chi connectivity index (χ3n) is 2.95. The lowest BCUT2D eigenvalue weighted by Crippen LogP contribution is -2.27. The van der Waals surface area contributed by atoms with Crippen LogP contribution in [-0.2, 0) is 11.0 Å². The van der Waals surface area contributed by atoms with E-state index >= 15 is 0 Å². The molecule has 1 fully saturated rings. The lowest BCUT2D eigenvalue weighted by molar-refractivity contribution is -0.137. The number of anilines is 1. The van der Waals surface area contributed by atoms with E-state index in [1.807, 2.05) is 0 Å². The van der Waals surface area contributed by atoms with Crippen molar-refractivity contribution in [1.29, 1.82) is 0 Å². The van der Waals surface area contributed by atoms with Crippen molar-refractivity contribution in [3.63, 3.8) is 0 Å². The minimum atomic E-state index is -4.36. The Morgan fingerprint density at radius 2 is 1.95 bits per heavy atom. The van der Waals surface area contributed by atoms with Crippen molar-refractivity contribution in [2.45, 2.75) is 11.6 Å². The van der Waals surface area contributed by atoms with Crippen molar-refractivity contribution in [3.05, 3.63) is 40.9 Å². The van der Waals surface area contributed by atoms with E-state index in [1.165, 1.54) is 45.6 Å². The topological polar surface area (TPSA) is 46.1 Å². The summed E-state index contributed by atoms with van der Waals surface area (Å²) in [5.41, 5.74) is 1.44. The summed E-state index contributed by atoms with van der Waals surface area (Å²) in [7, 11) is 0. The zero-order valence-corrected chi connectivity index (χ0v) is 12.0. The maximum absolute atomic E-state index is 12.6. The Balaban J connectivity index is 1.91. The van der Waals surface area contributed by atoms with Gasteiger partial charge in [0.25, 0.3) is 0 Å². The van der Waals surface area contributed by atoms with Crippen molar-refractivity contribution in [2.24, 2.45) is 0 Å². The molecule has 0 aliphatic carbocycles. The van der Waals surface area contributed by atoms with Crippen LogP contribution in [0, 0.1) is 0 Å². The maximum Gasteiger partial charge on any atom is 0.416 e. The lowest BCUT2D eigenvalue weighted by Gasteiger charge is -2.21. The van der Waals surface area contributed by atoms with Gasteiger partial charge >= 0.3 is 6.18 Å². The zero-order chi connectivity index (χ0) is 15.0. The molecule has 0 N–H and O–H groups in total. The van der Waals surface area contributed by atoms with Crippen molar-refractivity contribution >= 4 is 34.1 Å². The number of nitrogens with zero attached hydrogens (tertiary/aromatic N) is 3. The van der Waals surface area contributed by atoms with Gasteiger partial charge in [0.1, 0.15) is 10.9 Å². The minimum Gasteiger partial charge on any atom is -0.273 e. The molecule has 1 aromatic heterocycles. The Hall–Kier alpha value is -1.61. The van der Waals surface area contributed by atoms with E-state index in [-0.39, 0.29) is 17.0 Å². The minimum absolute atomic E-state index is 0.123. The number of carbonyl (C=O) groups excluding carboxylic acids is 1. The summed E-state index contributed by atoms with van der Waals surface area (Å²) in [6.07, 6.45) is -4.36.